The SMILES string of the molecule is CC(C)C(=S)N1CCC[C@@H]2CCCC[C@@H]21. The van der Waals surface area contributed by atoms with E-state index in [2.05, 4.69) is 18.7 Å². The van der Waals surface area contributed by atoms with Crippen LogP contribution in [0.4, 0.5) is 0 Å². The molecule has 2 aliphatic rings. The number of likely N-dealkylation sites (tertiary alicyclic amines) is 1. The molecule has 1 nitrogen and oxygen atoms in total. The Hall–Kier alpha value is -0.110. The van der Waals surface area contributed by atoms with Crippen LogP contribution in [0, 0.1) is 11.8 Å². The number of fused-ring (bicyclic) bond motifs is 1. The number of hydrogen-bond acceptors (Lipinski definition) is 1. The van der Waals surface area contributed by atoms with Crippen molar-refractivity contribution in [1.82, 2.24) is 4.90 Å². The molecule has 0 aromatic rings. The molecule has 0 aromatic carbocycles. The van der Waals surface area contributed by atoms with Gasteiger partial charge in [0, 0.05) is 18.5 Å². The van der Waals surface area contributed by atoms with Crippen molar-refractivity contribution in [3.05, 3.63) is 0 Å². The first-order valence-corrected chi connectivity index (χ1v) is 6.91. The minimum Gasteiger partial charge on any atom is -0.363 e. The standard InChI is InChI=1S/C13H23NS/c1-10(2)13(15)14-9-5-7-11-6-3-4-8-12(11)14/h10-12H,3-9H2,1-2H3/t11-,12-/m0/s1. The molecule has 1 aliphatic heterocycles. The maximum atomic E-state index is 5.59. The van der Waals surface area contributed by atoms with E-state index in [9.17, 15) is 0 Å². The largest absolute Gasteiger partial charge is 0.363 e. The summed E-state index contributed by atoms with van der Waals surface area (Å²) in [5.41, 5.74) is 0. The van der Waals surface area contributed by atoms with E-state index in [0.717, 1.165) is 12.0 Å². The molecule has 86 valence electrons. The number of thiocarbonyl (C=S) groups is 1. The van der Waals surface area contributed by atoms with Gasteiger partial charge >= 0.3 is 0 Å². The van der Waals surface area contributed by atoms with Crippen LogP contribution < -0.4 is 0 Å². The molecule has 1 saturated carbocycles. The Morgan fingerprint density at radius 1 is 1.13 bits per heavy atom. The smallest absolute Gasteiger partial charge is 0.0807 e. The van der Waals surface area contributed by atoms with E-state index in [1.807, 2.05) is 0 Å². The third kappa shape index (κ3) is 2.35. The summed E-state index contributed by atoms with van der Waals surface area (Å²) in [4.78, 5) is 3.78. The van der Waals surface area contributed by atoms with Gasteiger partial charge in [-0.3, -0.25) is 0 Å². The second-order valence-corrected chi connectivity index (χ2v) is 5.86. The summed E-state index contributed by atoms with van der Waals surface area (Å²) in [6.07, 6.45) is 8.50. The highest BCUT2D eigenvalue weighted by molar-refractivity contribution is 7.80. The second kappa shape index (κ2) is 4.82. The molecule has 2 atom stereocenters. The van der Waals surface area contributed by atoms with Crippen molar-refractivity contribution in [2.75, 3.05) is 6.54 Å². The first kappa shape index (κ1) is 11.4. The first-order chi connectivity index (χ1) is 7.20. The van der Waals surface area contributed by atoms with E-state index in [0.29, 0.717) is 5.92 Å². The maximum Gasteiger partial charge on any atom is 0.0807 e. The van der Waals surface area contributed by atoms with Crippen molar-refractivity contribution in [1.29, 1.82) is 0 Å². The minimum absolute atomic E-state index is 0.542. The van der Waals surface area contributed by atoms with E-state index in [1.54, 1.807) is 0 Å². The molecule has 2 rings (SSSR count). The fraction of sp³-hybridized carbons (Fsp3) is 0.923. The zero-order valence-corrected chi connectivity index (χ0v) is 10.9. The molecule has 0 radical (unpaired) electrons. The molecule has 2 fully saturated rings. The third-order valence-electron chi connectivity index (χ3n) is 4.02. The lowest BCUT2D eigenvalue weighted by molar-refractivity contribution is 0.118. The average Bonchev–Trinajstić information content (AvgIpc) is 2.27. The Bertz CT molecular complexity index is 235. The highest BCUT2D eigenvalue weighted by Gasteiger charge is 2.34. The maximum absolute atomic E-state index is 5.59. The van der Waals surface area contributed by atoms with Gasteiger partial charge in [0.25, 0.3) is 0 Å². The number of rotatable bonds is 1. The molecule has 15 heavy (non-hydrogen) atoms. The fourth-order valence-electron chi connectivity index (χ4n) is 3.23. The summed E-state index contributed by atoms with van der Waals surface area (Å²) < 4.78 is 0. The quantitative estimate of drug-likeness (QED) is 0.627. The summed E-state index contributed by atoms with van der Waals surface area (Å²) in [5, 5.41) is 0. The second-order valence-electron chi connectivity index (χ2n) is 5.44. The van der Waals surface area contributed by atoms with E-state index in [1.165, 1.54) is 50.1 Å². The van der Waals surface area contributed by atoms with Gasteiger partial charge in [0.2, 0.25) is 0 Å². The van der Waals surface area contributed by atoms with Crippen LogP contribution in [-0.2, 0) is 0 Å². The van der Waals surface area contributed by atoms with Gasteiger partial charge in [-0.25, -0.2) is 0 Å². The van der Waals surface area contributed by atoms with E-state index >= 15 is 0 Å². The third-order valence-corrected chi connectivity index (χ3v) is 4.73. The van der Waals surface area contributed by atoms with Gasteiger partial charge in [0.05, 0.1) is 4.99 Å². The molecule has 0 bridgehead atoms. The molecule has 0 amide bonds. The van der Waals surface area contributed by atoms with Crippen LogP contribution in [0.15, 0.2) is 0 Å². The number of hydrogen-bond donors (Lipinski definition) is 0. The first-order valence-electron chi connectivity index (χ1n) is 6.50. The Kier molecular flexibility index (Phi) is 3.65. The Balaban J connectivity index is 2.06. The van der Waals surface area contributed by atoms with Crippen molar-refractivity contribution in [3.63, 3.8) is 0 Å². The summed E-state index contributed by atoms with van der Waals surface area (Å²) in [6, 6.07) is 0.794. The van der Waals surface area contributed by atoms with Crippen LogP contribution in [0.2, 0.25) is 0 Å². The highest BCUT2D eigenvalue weighted by atomic mass is 32.1. The predicted octanol–water partition coefficient (Wildman–Crippen LogP) is 3.62. The van der Waals surface area contributed by atoms with Crippen molar-refractivity contribution < 1.29 is 0 Å². The summed E-state index contributed by atoms with van der Waals surface area (Å²) >= 11 is 5.59. The monoisotopic (exact) mass is 225 g/mol. The molecular weight excluding hydrogens is 202 g/mol. The van der Waals surface area contributed by atoms with E-state index in [4.69, 9.17) is 12.2 Å². The Labute approximate surface area is 99.2 Å². The van der Waals surface area contributed by atoms with E-state index in [-0.39, 0.29) is 0 Å². The van der Waals surface area contributed by atoms with Crippen molar-refractivity contribution in [3.8, 4) is 0 Å². The lowest BCUT2D eigenvalue weighted by Gasteiger charge is -2.46. The van der Waals surface area contributed by atoms with Gasteiger partial charge in [-0.15, -0.1) is 0 Å². The molecule has 1 aliphatic carbocycles. The van der Waals surface area contributed by atoms with Crippen LogP contribution in [-0.4, -0.2) is 22.5 Å². The highest BCUT2D eigenvalue weighted by Crippen LogP contribution is 2.36. The van der Waals surface area contributed by atoms with Crippen LogP contribution in [0.5, 0.6) is 0 Å². The zero-order valence-electron chi connectivity index (χ0n) is 10.0. The van der Waals surface area contributed by atoms with Gasteiger partial charge in [-0.1, -0.05) is 38.9 Å². The van der Waals surface area contributed by atoms with E-state index < -0.39 is 0 Å². The van der Waals surface area contributed by atoms with Gasteiger partial charge in [0.1, 0.15) is 0 Å². The fourth-order valence-corrected chi connectivity index (χ4v) is 3.46. The van der Waals surface area contributed by atoms with Crippen LogP contribution in [0.25, 0.3) is 0 Å². The molecule has 0 N–H and O–H groups in total. The molecule has 1 heterocycles. The predicted molar refractivity (Wildman–Crippen MR) is 69.1 cm³/mol. The van der Waals surface area contributed by atoms with Crippen molar-refractivity contribution >= 4 is 17.2 Å². The van der Waals surface area contributed by atoms with Crippen molar-refractivity contribution in [2.45, 2.75) is 58.4 Å². The Morgan fingerprint density at radius 2 is 1.80 bits per heavy atom. The molecular formula is C13H23NS. The van der Waals surface area contributed by atoms with Gasteiger partial charge in [-0.2, -0.15) is 0 Å². The normalized spacial score (nSPS) is 31.5. The minimum atomic E-state index is 0.542. The van der Waals surface area contributed by atoms with Crippen molar-refractivity contribution in [2.24, 2.45) is 11.8 Å². The zero-order chi connectivity index (χ0) is 10.8. The average molecular weight is 225 g/mol. The Morgan fingerprint density at radius 3 is 2.53 bits per heavy atom. The lowest BCUT2D eigenvalue weighted by Crippen LogP contribution is -2.50. The molecule has 1 saturated heterocycles. The van der Waals surface area contributed by atoms with Gasteiger partial charge in [-0.05, 0) is 31.6 Å². The van der Waals surface area contributed by atoms with Gasteiger partial charge in [0.15, 0.2) is 0 Å². The van der Waals surface area contributed by atoms with Crippen LogP contribution in [0.1, 0.15) is 52.4 Å². The summed E-state index contributed by atoms with van der Waals surface area (Å²) in [6.45, 7) is 5.68. The van der Waals surface area contributed by atoms with Crippen LogP contribution in [0.3, 0.4) is 0 Å². The molecule has 0 spiro atoms. The molecule has 2 heteroatoms. The molecule has 0 aromatic heterocycles. The number of piperidine rings is 1. The van der Waals surface area contributed by atoms with Gasteiger partial charge < -0.3 is 4.90 Å². The number of nitrogens with zero attached hydrogens (tertiary/aromatic N) is 1. The summed E-state index contributed by atoms with van der Waals surface area (Å²) in [7, 11) is 0. The summed E-state index contributed by atoms with van der Waals surface area (Å²) in [5.74, 6) is 1.49. The topological polar surface area (TPSA) is 3.24 Å². The van der Waals surface area contributed by atoms with Crippen LogP contribution >= 0.6 is 12.2 Å². The lowest BCUT2D eigenvalue weighted by atomic mass is 9.78. The molecule has 0 unspecified atom stereocenters.